The van der Waals surface area contributed by atoms with E-state index in [-0.39, 0.29) is 6.23 Å². The molecule has 11 heavy (non-hydrogen) atoms. The predicted molar refractivity (Wildman–Crippen MR) is 38.9 cm³/mol. The normalized spacial score (nSPS) is 30.7. The molecule has 2 heterocycles. The highest BCUT2D eigenvalue weighted by atomic mass is 16.8. The fourth-order valence-electron chi connectivity index (χ4n) is 1.02. The zero-order valence-corrected chi connectivity index (χ0v) is 6.06. The molecule has 1 N–H and O–H groups in total. The van der Waals surface area contributed by atoms with Crippen LogP contribution in [0.5, 0.6) is 0 Å². The Kier molecular flexibility index (Phi) is 1.89. The number of ether oxygens (including phenoxy) is 1. The lowest BCUT2D eigenvalue weighted by Gasteiger charge is -2.22. The molecule has 0 aromatic heterocycles. The van der Waals surface area contributed by atoms with Gasteiger partial charge in [-0.05, 0) is 12.2 Å². The first kappa shape index (κ1) is 6.84. The zero-order chi connectivity index (χ0) is 7.52. The molecule has 4 heteroatoms. The summed E-state index contributed by atoms with van der Waals surface area (Å²) in [7, 11) is 0. The standard InChI is InChI=1S/C7H10N2O2/c1-2-5-10-7(3-1)9-8-4-6-11-9/h1-3,5,7-8H,4,6H2. The van der Waals surface area contributed by atoms with E-state index < -0.39 is 0 Å². The molecular weight excluding hydrogens is 144 g/mol. The summed E-state index contributed by atoms with van der Waals surface area (Å²) >= 11 is 0. The third-order valence-corrected chi connectivity index (χ3v) is 1.51. The van der Waals surface area contributed by atoms with Crippen LogP contribution in [0.4, 0.5) is 0 Å². The van der Waals surface area contributed by atoms with E-state index in [0.717, 1.165) is 6.54 Å². The van der Waals surface area contributed by atoms with E-state index in [9.17, 15) is 0 Å². The summed E-state index contributed by atoms with van der Waals surface area (Å²) in [6.07, 6.45) is 7.21. The highest BCUT2D eigenvalue weighted by molar-refractivity contribution is 5.06. The monoisotopic (exact) mass is 154 g/mol. The summed E-state index contributed by atoms with van der Waals surface area (Å²) in [5.41, 5.74) is 3.03. The van der Waals surface area contributed by atoms with Gasteiger partial charge in [0.25, 0.3) is 0 Å². The van der Waals surface area contributed by atoms with E-state index in [2.05, 4.69) is 5.43 Å². The van der Waals surface area contributed by atoms with Crippen LogP contribution in [0.3, 0.4) is 0 Å². The molecule has 0 amide bonds. The number of hydrazine groups is 1. The lowest BCUT2D eigenvalue weighted by molar-refractivity contribution is -0.214. The van der Waals surface area contributed by atoms with Crippen LogP contribution in [-0.2, 0) is 9.57 Å². The number of nitrogens with zero attached hydrogens (tertiary/aromatic N) is 1. The van der Waals surface area contributed by atoms with Crippen molar-refractivity contribution in [1.29, 1.82) is 0 Å². The lowest BCUT2D eigenvalue weighted by Crippen LogP contribution is -2.39. The van der Waals surface area contributed by atoms with Crippen molar-refractivity contribution >= 4 is 0 Å². The summed E-state index contributed by atoms with van der Waals surface area (Å²) < 4.78 is 5.23. The number of hydrogen-bond donors (Lipinski definition) is 1. The molecule has 1 unspecified atom stereocenters. The van der Waals surface area contributed by atoms with Crippen LogP contribution in [0.25, 0.3) is 0 Å². The van der Waals surface area contributed by atoms with Crippen molar-refractivity contribution in [1.82, 2.24) is 10.6 Å². The summed E-state index contributed by atoms with van der Waals surface area (Å²) in [5.74, 6) is 0. The average molecular weight is 154 g/mol. The Labute approximate surface area is 65.0 Å². The number of rotatable bonds is 1. The van der Waals surface area contributed by atoms with E-state index in [4.69, 9.17) is 9.57 Å². The molecule has 0 radical (unpaired) electrons. The number of hydroxylamine groups is 1. The van der Waals surface area contributed by atoms with Gasteiger partial charge in [-0.2, -0.15) is 0 Å². The van der Waals surface area contributed by atoms with E-state index >= 15 is 0 Å². The molecule has 1 atom stereocenters. The van der Waals surface area contributed by atoms with Crippen LogP contribution < -0.4 is 5.43 Å². The predicted octanol–water partition coefficient (Wildman–Crippen LogP) is 0.164. The van der Waals surface area contributed by atoms with Crippen molar-refractivity contribution in [2.45, 2.75) is 6.23 Å². The molecule has 4 nitrogen and oxygen atoms in total. The van der Waals surface area contributed by atoms with Gasteiger partial charge < -0.3 is 4.74 Å². The second kappa shape index (κ2) is 3.04. The van der Waals surface area contributed by atoms with E-state index in [1.54, 1.807) is 11.4 Å². The minimum absolute atomic E-state index is 0.123. The third kappa shape index (κ3) is 1.42. The van der Waals surface area contributed by atoms with Gasteiger partial charge in [0.1, 0.15) is 0 Å². The largest absolute Gasteiger partial charge is 0.476 e. The van der Waals surface area contributed by atoms with Crippen molar-refractivity contribution in [3.05, 3.63) is 24.5 Å². The van der Waals surface area contributed by atoms with Crippen LogP contribution in [-0.4, -0.2) is 24.6 Å². The van der Waals surface area contributed by atoms with Gasteiger partial charge in [0.15, 0.2) is 0 Å². The number of nitrogens with one attached hydrogen (secondary N) is 1. The van der Waals surface area contributed by atoms with Gasteiger partial charge in [-0.1, -0.05) is 11.2 Å². The maximum absolute atomic E-state index is 5.23. The molecule has 0 aromatic rings. The summed E-state index contributed by atoms with van der Waals surface area (Å²) in [5, 5.41) is 1.61. The fraction of sp³-hybridized carbons (Fsp3) is 0.429. The van der Waals surface area contributed by atoms with Crippen molar-refractivity contribution in [3.8, 4) is 0 Å². The molecule has 60 valence electrons. The van der Waals surface area contributed by atoms with Crippen molar-refractivity contribution in [2.24, 2.45) is 0 Å². The molecule has 2 aliphatic heterocycles. The molecule has 0 spiro atoms. The minimum Gasteiger partial charge on any atom is -0.476 e. The Morgan fingerprint density at radius 1 is 1.45 bits per heavy atom. The van der Waals surface area contributed by atoms with E-state index in [1.807, 2.05) is 18.2 Å². The quantitative estimate of drug-likeness (QED) is 0.583. The van der Waals surface area contributed by atoms with Crippen LogP contribution in [0.15, 0.2) is 24.5 Å². The lowest BCUT2D eigenvalue weighted by atomic mass is 10.4. The summed E-state index contributed by atoms with van der Waals surface area (Å²) in [4.78, 5) is 5.20. The van der Waals surface area contributed by atoms with Gasteiger partial charge in [-0.25, -0.2) is 5.43 Å². The Hall–Kier alpha value is -0.840. The Morgan fingerprint density at radius 2 is 2.45 bits per heavy atom. The second-order valence-corrected chi connectivity index (χ2v) is 2.31. The number of allylic oxidation sites excluding steroid dienone is 2. The first-order valence-corrected chi connectivity index (χ1v) is 3.61. The van der Waals surface area contributed by atoms with E-state index in [1.165, 1.54) is 0 Å². The van der Waals surface area contributed by atoms with Gasteiger partial charge in [-0.3, -0.25) is 4.84 Å². The highest BCUT2D eigenvalue weighted by Gasteiger charge is 2.21. The second-order valence-electron chi connectivity index (χ2n) is 2.31. The molecule has 1 saturated heterocycles. The van der Waals surface area contributed by atoms with E-state index in [0.29, 0.717) is 6.61 Å². The van der Waals surface area contributed by atoms with Gasteiger partial charge in [0.05, 0.1) is 12.9 Å². The van der Waals surface area contributed by atoms with Gasteiger partial charge in [0.2, 0.25) is 6.23 Å². The number of hydrogen-bond acceptors (Lipinski definition) is 4. The van der Waals surface area contributed by atoms with Crippen LogP contribution in [0, 0.1) is 0 Å². The first-order chi connectivity index (χ1) is 5.47. The molecule has 0 aromatic carbocycles. The fourth-order valence-corrected chi connectivity index (χ4v) is 1.02. The molecule has 0 bridgehead atoms. The SMILES string of the molecule is C1=COC(N2NCCO2)C=C1. The summed E-state index contributed by atoms with van der Waals surface area (Å²) in [6, 6.07) is 0. The minimum atomic E-state index is -0.123. The topological polar surface area (TPSA) is 33.7 Å². The molecule has 2 aliphatic rings. The maximum atomic E-state index is 5.23. The van der Waals surface area contributed by atoms with Crippen LogP contribution in [0.2, 0.25) is 0 Å². The maximum Gasteiger partial charge on any atom is 0.207 e. The summed E-state index contributed by atoms with van der Waals surface area (Å²) in [6.45, 7) is 1.55. The Balaban J connectivity index is 1.94. The van der Waals surface area contributed by atoms with Crippen molar-refractivity contribution in [3.63, 3.8) is 0 Å². The first-order valence-electron chi connectivity index (χ1n) is 3.61. The average Bonchev–Trinajstić information content (AvgIpc) is 2.58. The van der Waals surface area contributed by atoms with Crippen LogP contribution >= 0.6 is 0 Å². The smallest absolute Gasteiger partial charge is 0.207 e. The molecule has 2 rings (SSSR count). The van der Waals surface area contributed by atoms with Crippen molar-refractivity contribution < 1.29 is 9.57 Å². The third-order valence-electron chi connectivity index (χ3n) is 1.51. The molecule has 0 saturated carbocycles. The van der Waals surface area contributed by atoms with Crippen LogP contribution in [0.1, 0.15) is 0 Å². The van der Waals surface area contributed by atoms with Gasteiger partial charge >= 0.3 is 0 Å². The van der Waals surface area contributed by atoms with Crippen molar-refractivity contribution in [2.75, 3.05) is 13.2 Å². The molecular formula is C7H10N2O2. The Bertz CT molecular complexity index is 185. The highest BCUT2D eigenvalue weighted by Crippen LogP contribution is 2.08. The molecule has 1 fully saturated rings. The zero-order valence-electron chi connectivity index (χ0n) is 6.06. The Morgan fingerprint density at radius 3 is 3.09 bits per heavy atom. The van der Waals surface area contributed by atoms with Gasteiger partial charge in [-0.15, -0.1) is 0 Å². The molecule has 0 aliphatic carbocycles. The van der Waals surface area contributed by atoms with Gasteiger partial charge in [0, 0.05) is 6.54 Å².